The first kappa shape index (κ1) is 9.57. The standard InChI is InChI=1S/C13H19N/c1-14(2)13-9-4-3-8-12(13)10-11-6-5-7-11/h3-4,8-9,11H,5-7,10H2,1-2H3. The average Bonchev–Trinajstić information content (AvgIpc) is 2.12. The van der Waals surface area contributed by atoms with Crippen LogP contribution in [0.1, 0.15) is 24.8 Å². The molecule has 0 atom stereocenters. The van der Waals surface area contributed by atoms with Gasteiger partial charge in [-0.15, -0.1) is 0 Å². The minimum atomic E-state index is 0.955. The highest BCUT2D eigenvalue weighted by Gasteiger charge is 2.19. The normalized spacial score (nSPS) is 16.4. The second-order valence-corrected chi connectivity index (χ2v) is 4.52. The van der Waals surface area contributed by atoms with E-state index >= 15 is 0 Å². The molecule has 1 aromatic rings. The Morgan fingerprint density at radius 2 is 1.93 bits per heavy atom. The Balaban J connectivity index is 2.13. The van der Waals surface area contributed by atoms with Crippen molar-refractivity contribution in [3.8, 4) is 0 Å². The lowest BCUT2D eigenvalue weighted by molar-refractivity contribution is 0.314. The quantitative estimate of drug-likeness (QED) is 0.706. The van der Waals surface area contributed by atoms with Crippen molar-refractivity contribution < 1.29 is 0 Å². The molecule has 0 radical (unpaired) electrons. The molecule has 0 aromatic heterocycles. The van der Waals surface area contributed by atoms with Crippen LogP contribution in [0.25, 0.3) is 0 Å². The molecular formula is C13H19N. The van der Waals surface area contributed by atoms with Gasteiger partial charge in [0.25, 0.3) is 0 Å². The highest BCUT2D eigenvalue weighted by atomic mass is 15.1. The zero-order valence-electron chi connectivity index (χ0n) is 9.16. The molecule has 0 bridgehead atoms. The Labute approximate surface area is 86.7 Å². The molecule has 76 valence electrons. The van der Waals surface area contributed by atoms with Gasteiger partial charge in [0.05, 0.1) is 0 Å². The first-order valence-electron chi connectivity index (χ1n) is 5.52. The van der Waals surface area contributed by atoms with E-state index in [2.05, 4.69) is 43.3 Å². The Kier molecular flexibility index (Phi) is 2.76. The number of rotatable bonds is 3. The van der Waals surface area contributed by atoms with Crippen LogP contribution in [0.2, 0.25) is 0 Å². The van der Waals surface area contributed by atoms with Gasteiger partial charge in [-0.05, 0) is 24.0 Å². The summed E-state index contributed by atoms with van der Waals surface area (Å²) in [5, 5.41) is 0. The van der Waals surface area contributed by atoms with Crippen LogP contribution < -0.4 is 4.90 Å². The fourth-order valence-electron chi connectivity index (χ4n) is 2.13. The van der Waals surface area contributed by atoms with Gasteiger partial charge in [0.2, 0.25) is 0 Å². The maximum absolute atomic E-state index is 2.27. The molecular weight excluding hydrogens is 170 g/mol. The van der Waals surface area contributed by atoms with Crippen molar-refractivity contribution >= 4 is 5.69 Å². The summed E-state index contributed by atoms with van der Waals surface area (Å²) in [5.41, 5.74) is 2.90. The summed E-state index contributed by atoms with van der Waals surface area (Å²) in [4.78, 5) is 2.22. The summed E-state index contributed by atoms with van der Waals surface area (Å²) in [6.45, 7) is 0. The van der Waals surface area contributed by atoms with E-state index in [0.717, 1.165) is 5.92 Å². The molecule has 2 rings (SSSR count). The molecule has 1 aromatic carbocycles. The zero-order chi connectivity index (χ0) is 9.97. The number of hydrogen-bond acceptors (Lipinski definition) is 1. The van der Waals surface area contributed by atoms with E-state index in [-0.39, 0.29) is 0 Å². The fourth-order valence-corrected chi connectivity index (χ4v) is 2.13. The van der Waals surface area contributed by atoms with Gasteiger partial charge in [0, 0.05) is 19.8 Å². The van der Waals surface area contributed by atoms with E-state index in [4.69, 9.17) is 0 Å². The lowest BCUT2D eigenvalue weighted by atomic mass is 9.80. The van der Waals surface area contributed by atoms with Gasteiger partial charge in [-0.25, -0.2) is 0 Å². The minimum absolute atomic E-state index is 0.955. The summed E-state index contributed by atoms with van der Waals surface area (Å²) < 4.78 is 0. The zero-order valence-corrected chi connectivity index (χ0v) is 9.16. The van der Waals surface area contributed by atoms with E-state index in [0.29, 0.717) is 0 Å². The van der Waals surface area contributed by atoms with Gasteiger partial charge in [-0.3, -0.25) is 0 Å². The van der Waals surface area contributed by atoms with Crippen molar-refractivity contribution in [2.75, 3.05) is 19.0 Å². The summed E-state index contributed by atoms with van der Waals surface area (Å²) >= 11 is 0. The Bertz CT molecular complexity index is 300. The molecule has 1 fully saturated rings. The van der Waals surface area contributed by atoms with Crippen LogP contribution in [0.15, 0.2) is 24.3 Å². The monoisotopic (exact) mass is 189 g/mol. The van der Waals surface area contributed by atoms with Crippen molar-refractivity contribution in [3.05, 3.63) is 29.8 Å². The molecule has 0 heterocycles. The first-order valence-corrected chi connectivity index (χ1v) is 5.52. The van der Waals surface area contributed by atoms with E-state index in [1.807, 2.05) is 0 Å². The SMILES string of the molecule is CN(C)c1ccccc1CC1CCC1. The van der Waals surface area contributed by atoms with Crippen LogP contribution in [0.4, 0.5) is 5.69 Å². The van der Waals surface area contributed by atoms with E-state index in [1.54, 1.807) is 0 Å². The molecule has 0 spiro atoms. The van der Waals surface area contributed by atoms with Gasteiger partial charge in [-0.1, -0.05) is 37.5 Å². The Morgan fingerprint density at radius 3 is 2.50 bits per heavy atom. The molecule has 1 saturated carbocycles. The predicted octanol–water partition coefficient (Wildman–Crippen LogP) is 3.10. The highest BCUT2D eigenvalue weighted by Crippen LogP contribution is 2.32. The van der Waals surface area contributed by atoms with Crippen LogP contribution in [0, 0.1) is 5.92 Å². The van der Waals surface area contributed by atoms with Crippen LogP contribution in [0.5, 0.6) is 0 Å². The van der Waals surface area contributed by atoms with Crippen molar-refractivity contribution in [3.63, 3.8) is 0 Å². The van der Waals surface area contributed by atoms with Gasteiger partial charge < -0.3 is 4.90 Å². The second kappa shape index (κ2) is 4.04. The van der Waals surface area contributed by atoms with Gasteiger partial charge in [0.15, 0.2) is 0 Å². The largest absolute Gasteiger partial charge is 0.377 e. The van der Waals surface area contributed by atoms with Crippen LogP contribution in [0.3, 0.4) is 0 Å². The average molecular weight is 189 g/mol. The van der Waals surface area contributed by atoms with Crippen molar-refractivity contribution in [2.45, 2.75) is 25.7 Å². The maximum atomic E-state index is 2.27. The van der Waals surface area contributed by atoms with Gasteiger partial charge >= 0.3 is 0 Å². The van der Waals surface area contributed by atoms with Crippen molar-refractivity contribution in [2.24, 2.45) is 5.92 Å². The topological polar surface area (TPSA) is 3.24 Å². The first-order chi connectivity index (χ1) is 6.77. The molecule has 0 unspecified atom stereocenters. The molecule has 0 amide bonds. The number of anilines is 1. The summed E-state index contributed by atoms with van der Waals surface area (Å²) in [6.07, 6.45) is 5.58. The number of hydrogen-bond donors (Lipinski definition) is 0. The van der Waals surface area contributed by atoms with Gasteiger partial charge in [0.1, 0.15) is 0 Å². The molecule has 1 nitrogen and oxygen atoms in total. The van der Waals surface area contributed by atoms with E-state index in [9.17, 15) is 0 Å². The van der Waals surface area contributed by atoms with Gasteiger partial charge in [-0.2, -0.15) is 0 Å². The third-order valence-corrected chi connectivity index (χ3v) is 3.21. The molecule has 14 heavy (non-hydrogen) atoms. The molecule has 0 saturated heterocycles. The van der Waals surface area contributed by atoms with Crippen molar-refractivity contribution in [1.82, 2.24) is 0 Å². The van der Waals surface area contributed by atoms with Crippen LogP contribution in [-0.2, 0) is 6.42 Å². The maximum Gasteiger partial charge on any atom is 0.0393 e. The third kappa shape index (κ3) is 1.92. The molecule has 0 aliphatic heterocycles. The van der Waals surface area contributed by atoms with Crippen LogP contribution >= 0.6 is 0 Å². The highest BCUT2D eigenvalue weighted by molar-refractivity contribution is 5.52. The Morgan fingerprint density at radius 1 is 1.21 bits per heavy atom. The molecule has 1 aliphatic rings. The molecule has 1 aliphatic carbocycles. The fraction of sp³-hybridized carbons (Fsp3) is 0.538. The lowest BCUT2D eigenvalue weighted by Gasteiger charge is -2.27. The molecule has 0 N–H and O–H groups in total. The third-order valence-electron chi connectivity index (χ3n) is 3.21. The lowest BCUT2D eigenvalue weighted by Crippen LogP contribution is -2.17. The number of benzene rings is 1. The van der Waals surface area contributed by atoms with Crippen molar-refractivity contribution in [1.29, 1.82) is 0 Å². The summed E-state index contributed by atoms with van der Waals surface area (Å²) in [7, 11) is 4.25. The second-order valence-electron chi connectivity index (χ2n) is 4.52. The number of nitrogens with zero attached hydrogens (tertiary/aromatic N) is 1. The summed E-state index contributed by atoms with van der Waals surface area (Å²) in [5.74, 6) is 0.955. The van der Waals surface area contributed by atoms with E-state index < -0.39 is 0 Å². The smallest absolute Gasteiger partial charge is 0.0393 e. The van der Waals surface area contributed by atoms with E-state index in [1.165, 1.54) is 36.9 Å². The number of para-hydroxylation sites is 1. The Hall–Kier alpha value is -0.980. The minimum Gasteiger partial charge on any atom is -0.377 e. The summed E-state index contributed by atoms with van der Waals surface area (Å²) in [6, 6.07) is 8.77. The van der Waals surface area contributed by atoms with Crippen LogP contribution in [-0.4, -0.2) is 14.1 Å². The molecule has 1 heteroatoms. The predicted molar refractivity (Wildman–Crippen MR) is 61.8 cm³/mol.